The van der Waals surface area contributed by atoms with Gasteiger partial charge in [0.1, 0.15) is 11.6 Å². The van der Waals surface area contributed by atoms with E-state index >= 15 is 0 Å². The predicted molar refractivity (Wildman–Crippen MR) is 78.8 cm³/mol. The second-order valence-corrected chi connectivity index (χ2v) is 5.81. The molecular weight excluding hydrogens is 276 g/mol. The minimum Gasteiger partial charge on any atom is -0.323 e. The van der Waals surface area contributed by atoms with Gasteiger partial charge in [0.05, 0.1) is 0 Å². The van der Waals surface area contributed by atoms with Crippen molar-refractivity contribution in [1.29, 1.82) is 0 Å². The van der Waals surface area contributed by atoms with Gasteiger partial charge in [-0.3, -0.25) is 0 Å². The zero-order chi connectivity index (χ0) is 14.1. The molecule has 20 heavy (non-hydrogen) atoms. The molecule has 1 unspecified atom stereocenters. The third-order valence-electron chi connectivity index (χ3n) is 3.30. The van der Waals surface area contributed by atoms with E-state index in [0.717, 1.165) is 15.0 Å². The maximum atomic E-state index is 13.6. The summed E-state index contributed by atoms with van der Waals surface area (Å²) in [5.74, 6) is -1.08. The van der Waals surface area contributed by atoms with Crippen molar-refractivity contribution in [1.82, 2.24) is 0 Å². The highest BCUT2D eigenvalue weighted by Gasteiger charge is 2.16. The predicted octanol–water partition coefficient (Wildman–Crippen LogP) is 4.42. The molecule has 3 aromatic rings. The summed E-state index contributed by atoms with van der Waals surface area (Å²) in [5, 5.41) is 1.11. The van der Waals surface area contributed by atoms with Crippen LogP contribution in [0.4, 0.5) is 8.78 Å². The van der Waals surface area contributed by atoms with Crippen LogP contribution in [-0.4, -0.2) is 0 Å². The lowest BCUT2D eigenvalue weighted by Crippen LogP contribution is -2.13. The molecule has 3 rings (SSSR count). The Morgan fingerprint density at radius 3 is 2.40 bits per heavy atom. The number of thiophene rings is 1. The topological polar surface area (TPSA) is 26.0 Å². The van der Waals surface area contributed by atoms with Crippen molar-refractivity contribution < 1.29 is 8.78 Å². The highest BCUT2D eigenvalue weighted by molar-refractivity contribution is 7.19. The monoisotopic (exact) mass is 289 g/mol. The summed E-state index contributed by atoms with van der Waals surface area (Å²) >= 11 is 1.57. The molecule has 0 aliphatic heterocycles. The Hall–Kier alpha value is -1.78. The molecule has 4 heteroatoms. The van der Waals surface area contributed by atoms with E-state index in [1.165, 1.54) is 18.2 Å². The van der Waals surface area contributed by atoms with Crippen molar-refractivity contribution in [2.75, 3.05) is 0 Å². The van der Waals surface area contributed by atoms with Crippen LogP contribution in [0.25, 0.3) is 10.1 Å². The molecule has 0 saturated heterocycles. The van der Waals surface area contributed by atoms with Crippen LogP contribution in [0, 0.1) is 11.6 Å². The zero-order valence-electron chi connectivity index (χ0n) is 10.6. The van der Waals surface area contributed by atoms with Crippen LogP contribution in [-0.2, 0) is 6.42 Å². The Labute approximate surface area is 119 Å². The third kappa shape index (κ3) is 2.44. The van der Waals surface area contributed by atoms with Crippen molar-refractivity contribution >= 4 is 21.4 Å². The first kappa shape index (κ1) is 13.2. The maximum absolute atomic E-state index is 13.6. The minimum absolute atomic E-state index is 0.0532. The fourth-order valence-electron chi connectivity index (χ4n) is 2.23. The standard InChI is InChI=1S/C16H13F2NS/c17-12-5-3-6-13(18)11(12)9-14(19)16-8-10-4-1-2-7-15(10)20-16/h1-8,14H,9,19H2. The maximum Gasteiger partial charge on any atom is 0.129 e. The van der Waals surface area contributed by atoms with Crippen molar-refractivity contribution in [3.8, 4) is 0 Å². The molecule has 2 N–H and O–H groups in total. The average Bonchev–Trinajstić information content (AvgIpc) is 2.87. The normalized spacial score (nSPS) is 12.8. The number of rotatable bonds is 3. The van der Waals surface area contributed by atoms with Gasteiger partial charge in [-0.25, -0.2) is 8.78 Å². The Balaban J connectivity index is 1.91. The van der Waals surface area contributed by atoms with Crippen LogP contribution in [0.2, 0.25) is 0 Å². The molecule has 1 atom stereocenters. The lowest BCUT2D eigenvalue weighted by molar-refractivity contribution is 0.541. The molecule has 2 aromatic carbocycles. The smallest absolute Gasteiger partial charge is 0.129 e. The van der Waals surface area contributed by atoms with Crippen molar-refractivity contribution in [3.63, 3.8) is 0 Å². The van der Waals surface area contributed by atoms with Gasteiger partial charge < -0.3 is 5.73 Å². The summed E-state index contributed by atoms with van der Waals surface area (Å²) in [6.45, 7) is 0. The molecule has 1 nitrogen and oxygen atoms in total. The van der Waals surface area contributed by atoms with Crippen molar-refractivity contribution in [2.45, 2.75) is 12.5 Å². The average molecular weight is 289 g/mol. The summed E-state index contributed by atoms with van der Waals surface area (Å²) in [4.78, 5) is 0.939. The molecule has 102 valence electrons. The van der Waals surface area contributed by atoms with Crippen LogP contribution >= 0.6 is 11.3 Å². The van der Waals surface area contributed by atoms with Crippen LogP contribution < -0.4 is 5.73 Å². The molecule has 0 radical (unpaired) electrons. The van der Waals surface area contributed by atoms with E-state index in [1.807, 2.05) is 30.3 Å². The SMILES string of the molecule is NC(Cc1c(F)cccc1F)c1cc2ccccc2s1. The van der Waals surface area contributed by atoms with Crippen LogP contribution in [0.15, 0.2) is 48.5 Å². The molecule has 0 amide bonds. The first-order valence-corrected chi connectivity index (χ1v) is 7.14. The number of hydrogen-bond donors (Lipinski definition) is 1. The fraction of sp³-hybridized carbons (Fsp3) is 0.125. The van der Waals surface area contributed by atoms with Gasteiger partial charge >= 0.3 is 0 Å². The summed E-state index contributed by atoms with van der Waals surface area (Å²) in [6, 6.07) is 13.4. The fourth-order valence-corrected chi connectivity index (χ4v) is 3.30. The molecule has 0 fully saturated rings. The first-order valence-electron chi connectivity index (χ1n) is 6.32. The van der Waals surface area contributed by atoms with Gasteiger partial charge in [-0.2, -0.15) is 0 Å². The molecule has 0 spiro atoms. The van der Waals surface area contributed by atoms with E-state index in [4.69, 9.17) is 5.73 Å². The van der Waals surface area contributed by atoms with Crippen LogP contribution in [0.5, 0.6) is 0 Å². The zero-order valence-corrected chi connectivity index (χ0v) is 11.5. The van der Waals surface area contributed by atoms with Gasteiger partial charge in [-0.1, -0.05) is 24.3 Å². The molecule has 0 aliphatic rings. The van der Waals surface area contributed by atoms with Crippen molar-refractivity contribution in [2.24, 2.45) is 5.73 Å². The summed E-state index contributed by atoms with van der Waals surface area (Å²) in [5.41, 5.74) is 6.16. The van der Waals surface area contributed by atoms with Crippen LogP contribution in [0.3, 0.4) is 0 Å². The Kier molecular flexibility index (Phi) is 3.51. The molecule has 0 aliphatic carbocycles. The number of halogens is 2. The first-order chi connectivity index (χ1) is 9.65. The number of fused-ring (bicyclic) bond motifs is 1. The van der Waals surface area contributed by atoms with Gasteiger partial charge in [0.2, 0.25) is 0 Å². The third-order valence-corrected chi connectivity index (χ3v) is 4.54. The Bertz CT molecular complexity index is 698. The van der Waals surface area contributed by atoms with Gasteiger partial charge in [-0.15, -0.1) is 11.3 Å². The van der Waals surface area contributed by atoms with Gasteiger partial charge in [0, 0.05) is 21.2 Å². The van der Waals surface area contributed by atoms with E-state index in [1.54, 1.807) is 11.3 Å². The largest absolute Gasteiger partial charge is 0.323 e. The Morgan fingerprint density at radius 1 is 1.00 bits per heavy atom. The van der Waals surface area contributed by atoms with E-state index in [-0.39, 0.29) is 12.0 Å². The van der Waals surface area contributed by atoms with Crippen molar-refractivity contribution in [3.05, 3.63) is 70.6 Å². The quantitative estimate of drug-likeness (QED) is 0.758. The molecule has 0 saturated carbocycles. The lowest BCUT2D eigenvalue weighted by Gasteiger charge is -2.11. The second kappa shape index (κ2) is 5.31. The lowest BCUT2D eigenvalue weighted by atomic mass is 10.0. The number of hydrogen-bond acceptors (Lipinski definition) is 2. The number of nitrogens with two attached hydrogens (primary N) is 1. The van der Waals surface area contributed by atoms with E-state index in [0.29, 0.717) is 0 Å². The van der Waals surface area contributed by atoms with Crippen LogP contribution in [0.1, 0.15) is 16.5 Å². The Morgan fingerprint density at radius 2 is 1.70 bits per heavy atom. The second-order valence-electron chi connectivity index (χ2n) is 4.70. The van der Waals surface area contributed by atoms with E-state index < -0.39 is 17.7 Å². The molecular formula is C16H13F2NS. The molecule has 1 aromatic heterocycles. The van der Waals surface area contributed by atoms with Gasteiger partial charge in [0.25, 0.3) is 0 Å². The molecule has 0 bridgehead atoms. The highest BCUT2D eigenvalue weighted by atomic mass is 32.1. The minimum atomic E-state index is -0.540. The van der Waals surface area contributed by atoms with E-state index in [2.05, 4.69) is 0 Å². The summed E-state index contributed by atoms with van der Waals surface area (Å²) in [7, 11) is 0. The summed E-state index contributed by atoms with van der Waals surface area (Å²) in [6.07, 6.45) is 0.158. The van der Waals surface area contributed by atoms with Gasteiger partial charge in [-0.05, 0) is 36.1 Å². The number of benzene rings is 2. The molecule has 1 heterocycles. The van der Waals surface area contributed by atoms with E-state index in [9.17, 15) is 8.78 Å². The highest BCUT2D eigenvalue weighted by Crippen LogP contribution is 2.31. The summed E-state index contributed by atoms with van der Waals surface area (Å²) < 4.78 is 28.4. The van der Waals surface area contributed by atoms with Gasteiger partial charge in [0.15, 0.2) is 0 Å².